The van der Waals surface area contributed by atoms with Crippen molar-refractivity contribution in [3.63, 3.8) is 0 Å². The smallest absolute Gasteiger partial charge is 0.255 e. The molecule has 3 heterocycles. The Labute approximate surface area is 209 Å². The van der Waals surface area contributed by atoms with E-state index in [1.54, 1.807) is 13.2 Å². The number of likely N-dealkylation sites (N-methyl/N-ethyl adjacent to an activating group) is 1. The van der Waals surface area contributed by atoms with E-state index < -0.39 is 6.04 Å². The van der Waals surface area contributed by atoms with E-state index in [2.05, 4.69) is 34.0 Å². The van der Waals surface area contributed by atoms with Crippen LogP contribution < -0.4 is 9.64 Å². The van der Waals surface area contributed by atoms with Crippen LogP contribution in [0.1, 0.15) is 33.2 Å². The number of methoxy groups -OCH3 is 1. The number of piperazine rings is 1. The number of halogens is 1. The molecule has 0 aliphatic carbocycles. The summed E-state index contributed by atoms with van der Waals surface area (Å²) in [5.41, 5.74) is 5.17. The summed E-state index contributed by atoms with van der Waals surface area (Å²) in [6.45, 7) is 4.31. The Bertz CT molecular complexity index is 1410. The predicted molar refractivity (Wildman–Crippen MR) is 139 cm³/mol. The van der Waals surface area contributed by atoms with Gasteiger partial charge in [0.1, 0.15) is 17.6 Å². The van der Waals surface area contributed by atoms with E-state index in [1.807, 2.05) is 41.3 Å². The number of fused-ring (bicyclic) bond motifs is 2. The molecule has 36 heavy (non-hydrogen) atoms. The zero-order chi connectivity index (χ0) is 24.8. The Morgan fingerprint density at radius 3 is 2.56 bits per heavy atom. The Hall–Kier alpha value is -3.84. The monoisotopic (exact) mass is 484 g/mol. The van der Waals surface area contributed by atoms with E-state index in [-0.39, 0.29) is 11.7 Å². The lowest BCUT2D eigenvalue weighted by atomic mass is 10.0. The number of H-pyrrole nitrogens is 1. The fourth-order valence-corrected chi connectivity index (χ4v) is 5.45. The Balaban J connectivity index is 1.42. The molecule has 2 aliphatic heterocycles. The van der Waals surface area contributed by atoms with Gasteiger partial charge in [-0.2, -0.15) is 0 Å². The third-order valence-electron chi connectivity index (χ3n) is 7.44. The maximum Gasteiger partial charge on any atom is 0.255 e. The highest BCUT2D eigenvalue weighted by molar-refractivity contribution is 6.00. The minimum absolute atomic E-state index is 0.0593. The first kappa shape index (κ1) is 22.6. The molecule has 1 fully saturated rings. The maximum absolute atomic E-state index is 14.5. The third kappa shape index (κ3) is 3.89. The topological polar surface area (TPSA) is 51.8 Å². The van der Waals surface area contributed by atoms with Gasteiger partial charge in [0.15, 0.2) is 0 Å². The number of hydrogen-bond acceptors (Lipinski definition) is 4. The molecule has 6 rings (SSSR count). The number of para-hydroxylation sites is 1. The SMILES string of the molecule is COc1ccc(F)cc1[C@H](c1cc2ccccc2[nH]1)N1Cc2ccc(N3CCN(C)CC3)cc2C1=O. The molecule has 0 unspecified atom stereocenters. The second-order valence-electron chi connectivity index (χ2n) is 9.67. The molecule has 1 N–H and O–H groups in total. The van der Waals surface area contributed by atoms with Crippen LogP contribution >= 0.6 is 0 Å². The zero-order valence-corrected chi connectivity index (χ0v) is 20.5. The number of carbonyl (C=O) groups excluding carboxylic acids is 1. The number of nitrogens with zero attached hydrogens (tertiary/aromatic N) is 3. The van der Waals surface area contributed by atoms with Gasteiger partial charge in [0.2, 0.25) is 0 Å². The minimum atomic E-state index is -0.532. The molecule has 3 aromatic carbocycles. The van der Waals surface area contributed by atoms with Crippen molar-refractivity contribution in [3.05, 3.63) is 94.9 Å². The number of aromatic nitrogens is 1. The van der Waals surface area contributed by atoms with Crippen LogP contribution in [0.4, 0.5) is 10.1 Å². The summed E-state index contributed by atoms with van der Waals surface area (Å²) in [6.07, 6.45) is 0. The van der Waals surface area contributed by atoms with Crippen molar-refractivity contribution in [1.82, 2.24) is 14.8 Å². The number of aromatic amines is 1. The van der Waals surface area contributed by atoms with Gasteiger partial charge in [0.05, 0.1) is 7.11 Å². The minimum Gasteiger partial charge on any atom is -0.496 e. The van der Waals surface area contributed by atoms with Gasteiger partial charge in [-0.15, -0.1) is 0 Å². The van der Waals surface area contributed by atoms with Crippen LogP contribution in [-0.2, 0) is 6.54 Å². The average Bonchev–Trinajstić information content (AvgIpc) is 3.46. The van der Waals surface area contributed by atoms with Crippen molar-refractivity contribution in [2.24, 2.45) is 0 Å². The summed E-state index contributed by atoms with van der Waals surface area (Å²) in [5, 5.41) is 1.04. The van der Waals surface area contributed by atoms with Crippen molar-refractivity contribution < 1.29 is 13.9 Å². The van der Waals surface area contributed by atoms with E-state index in [0.717, 1.165) is 54.0 Å². The number of anilines is 1. The molecule has 1 aromatic heterocycles. The van der Waals surface area contributed by atoms with E-state index >= 15 is 0 Å². The van der Waals surface area contributed by atoms with Gasteiger partial charge in [0.25, 0.3) is 5.91 Å². The van der Waals surface area contributed by atoms with E-state index in [0.29, 0.717) is 23.4 Å². The van der Waals surface area contributed by atoms with Crippen LogP contribution in [0.25, 0.3) is 10.9 Å². The molecular weight excluding hydrogens is 455 g/mol. The molecule has 6 nitrogen and oxygen atoms in total. The molecule has 1 saturated heterocycles. The first-order valence-corrected chi connectivity index (χ1v) is 12.3. The summed E-state index contributed by atoms with van der Waals surface area (Å²) < 4.78 is 20.1. The largest absolute Gasteiger partial charge is 0.496 e. The lowest BCUT2D eigenvalue weighted by Gasteiger charge is -2.34. The number of nitrogens with one attached hydrogen (secondary N) is 1. The number of carbonyl (C=O) groups is 1. The molecule has 0 saturated carbocycles. The third-order valence-corrected chi connectivity index (χ3v) is 7.44. The summed E-state index contributed by atoms with van der Waals surface area (Å²) in [6, 6.07) is 20.2. The van der Waals surface area contributed by atoms with Crippen LogP contribution in [0.2, 0.25) is 0 Å². The highest BCUT2D eigenvalue weighted by Crippen LogP contribution is 2.41. The fraction of sp³-hybridized carbons (Fsp3) is 0.276. The Morgan fingerprint density at radius 1 is 0.972 bits per heavy atom. The van der Waals surface area contributed by atoms with Crippen molar-refractivity contribution in [3.8, 4) is 5.75 Å². The molecule has 4 aromatic rings. The summed E-state index contributed by atoms with van der Waals surface area (Å²) in [5.74, 6) is 0.117. The van der Waals surface area contributed by atoms with Crippen LogP contribution in [0.15, 0.2) is 66.7 Å². The van der Waals surface area contributed by atoms with Gasteiger partial charge in [-0.05, 0) is 60.5 Å². The first-order valence-electron chi connectivity index (χ1n) is 12.3. The van der Waals surface area contributed by atoms with Crippen LogP contribution in [0, 0.1) is 5.82 Å². The average molecular weight is 485 g/mol. The number of ether oxygens (including phenoxy) is 1. The molecule has 1 amide bonds. The quantitative estimate of drug-likeness (QED) is 0.442. The molecule has 2 aliphatic rings. The predicted octanol–water partition coefficient (Wildman–Crippen LogP) is 4.81. The summed E-state index contributed by atoms with van der Waals surface area (Å²) in [7, 11) is 3.70. The number of amides is 1. The maximum atomic E-state index is 14.5. The van der Waals surface area contributed by atoms with Crippen molar-refractivity contribution in [1.29, 1.82) is 0 Å². The highest BCUT2D eigenvalue weighted by Gasteiger charge is 2.37. The van der Waals surface area contributed by atoms with Gasteiger partial charge < -0.3 is 24.4 Å². The normalized spacial score (nSPS) is 17.0. The number of hydrogen-bond donors (Lipinski definition) is 1. The molecular formula is C29H29FN4O2. The number of benzene rings is 3. The van der Waals surface area contributed by atoms with E-state index in [1.165, 1.54) is 12.1 Å². The molecule has 1 atom stereocenters. The molecule has 7 heteroatoms. The molecule has 184 valence electrons. The van der Waals surface area contributed by atoms with Crippen molar-refractivity contribution >= 4 is 22.5 Å². The van der Waals surface area contributed by atoms with Crippen LogP contribution in [-0.4, -0.2) is 61.0 Å². The van der Waals surface area contributed by atoms with Gasteiger partial charge in [-0.1, -0.05) is 24.3 Å². The highest BCUT2D eigenvalue weighted by atomic mass is 19.1. The first-order chi connectivity index (χ1) is 17.5. The molecule has 0 spiro atoms. The Morgan fingerprint density at radius 2 is 1.78 bits per heavy atom. The van der Waals surface area contributed by atoms with Crippen LogP contribution in [0.3, 0.4) is 0 Å². The lowest BCUT2D eigenvalue weighted by Crippen LogP contribution is -2.44. The van der Waals surface area contributed by atoms with Crippen LogP contribution in [0.5, 0.6) is 5.75 Å². The molecule has 0 bridgehead atoms. The molecule has 0 radical (unpaired) electrons. The van der Waals surface area contributed by atoms with Gasteiger partial charge in [-0.3, -0.25) is 4.79 Å². The zero-order valence-electron chi connectivity index (χ0n) is 20.5. The Kier molecular flexibility index (Phi) is 5.64. The lowest BCUT2D eigenvalue weighted by molar-refractivity contribution is 0.0726. The van der Waals surface area contributed by atoms with Crippen molar-refractivity contribution in [2.45, 2.75) is 12.6 Å². The van der Waals surface area contributed by atoms with E-state index in [4.69, 9.17) is 4.74 Å². The standard InChI is InChI=1S/C29H29FN4O2/c1-32-11-13-33(14-12-32)22-9-7-20-18-34(29(35)23(20)17-22)28(24-16-21(30)8-10-27(24)36-2)26-15-19-5-3-4-6-25(19)31-26/h3-10,15-17,28,31H,11-14,18H2,1-2H3/t28-/m1/s1. The van der Waals surface area contributed by atoms with Crippen molar-refractivity contribution in [2.75, 3.05) is 45.2 Å². The van der Waals surface area contributed by atoms with E-state index in [9.17, 15) is 9.18 Å². The van der Waals surface area contributed by atoms with Gasteiger partial charge >= 0.3 is 0 Å². The summed E-state index contributed by atoms with van der Waals surface area (Å²) >= 11 is 0. The number of rotatable bonds is 5. The second kappa shape index (κ2) is 8.99. The summed E-state index contributed by atoms with van der Waals surface area (Å²) in [4.78, 5) is 23.9. The fourth-order valence-electron chi connectivity index (χ4n) is 5.45. The van der Waals surface area contributed by atoms with Gasteiger partial charge in [-0.25, -0.2) is 4.39 Å². The second-order valence-corrected chi connectivity index (χ2v) is 9.67. The van der Waals surface area contributed by atoms with Gasteiger partial charge in [0, 0.05) is 60.7 Å².